The molecule has 15 heavy (non-hydrogen) atoms. The fourth-order valence-electron chi connectivity index (χ4n) is 1.23. The lowest BCUT2D eigenvalue weighted by Gasteiger charge is -2.05. The first kappa shape index (κ1) is 9.73. The van der Waals surface area contributed by atoms with Gasteiger partial charge in [-0.25, -0.2) is 0 Å². The molecule has 0 spiro atoms. The van der Waals surface area contributed by atoms with E-state index in [1.165, 1.54) is 16.9 Å². The van der Waals surface area contributed by atoms with Crippen molar-refractivity contribution in [3.05, 3.63) is 51.9 Å². The number of halogens is 1. The van der Waals surface area contributed by atoms with Crippen molar-refractivity contribution in [3.63, 3.8) is 0 Å². The minimum Gasteiger partial charge on any atom is -0.397 e. The molecule has 0 unspecified atom stereocenters. The zero-order chi connectivity index (χ0) is 10.8. The topological polar surface area (TPSA) is 60.9 Å². The van der Waals surface area contributed by atoms with E-state index >= 15 is 0 Å². The molecule has 1 aromatic heterocycles. The molecule has 2 aromatic rings. The van der Waals surface area contributed by atoms with E-state index in [2.05, 4.69) is 5.10 Å². The average molecular weight is 222 g/mol. The molecule has 0 bridgehead atoms. The number of para-hydroxylation sites is 1. The molecule has 5 heteroatoms. The maximum absolute atomic E-state index is 11.6. The third-order valence-electron chi connectivity index (χ3n) is 1.90. The van der Waals surface area contributed by atoms with Crippen LogP contribution in [0.4, 0.5) is 5.69 Å². The smallest absolute Gasteiger partial charge is 0.273 e. The van der Waals surface area contributed by atoms with Crippen molar-refractivity contribution < 1.29 is 0 Å². The van der Waals surface area contributed by atoms with Gasteiger partial charge in [0, 0.05) is 6.07 Å². The molecule has 76 valence electrons. The quantitative estimate of drug-likeness (QED) is 0.793. The Morgan fingerprint density at radius 2 is 2.07 bits per heavy atom. The summed E-state index contributed by atoms with van der Waals surface area (Å²) in [5.41, 5.74) is 6.01. The third-order valence-corrected chi connectivity index (χ3v) is 2.22. The summed E-state index contributed by atoms with van der Waals surface area (Å²) in [6.45, 7) is 0. The van der Waals surface area contributed by atoms with E-state index in [4.69, 9.17) is 17.3 Å². The van der Waals surface area contributed by atoms with Crippen molar-refractivity contribution in [1.29, 1.82) is 0 Å². The molecule has 0 fully saturated rings. The monoisotopic (exact) mass is 221 g/mol. The molecule has 0 aliphatic heterocycles. The number of nitrogens with two attached hydrogens (primary N) is 1. The number of rotatable bonds is 1. The standard InChI is InChI=1S/C10H8ClN3O/c11-8-3-1-2-4-9(8)14-10(15)5-7(12)6-13-14/h1-6H,12H2. The van der Waals surface area contributed by atoms with E-state index < -0.39 is 0 Å². The SMILES string of the molecule is Nc1cnn(-c2ccccc2Cl)c(=O)c1. The largest absolute Gasteiger partial charge is 0.397 e. The first-order valence-electron chi connectivity index (χ1n) is 4.28. The number of benzene rings is 1. The molecule has 2 rings (SSSR count). The van der Waals surface area contributed by atoms with Crippen LogP contribution in [0, 0.1) is 0 Å². The Labute approximate surface area is 90.9 Å². The van der Waals surface area contributed by atoms with Crippen LogP contribution >= 0.6 is 11.6 Å². The van der Waals surface area contributed by atoms with Gasteiger partial charge in [0.1, 0.15) is 0 Å². The van der Waals surface area contributed by atoms with Crippen molar-refractivity contribution in [2.45, 2.75) is 0 Å². The molecule has 0 aliphatic carbocycles. The summed E-state index contributed by atoms with van der Waals surface area (Å²) >= 11 is 5.94. The Morgan fingerprint density at radius 1 is 1.33 bits per heavy atom. The van der Waals surface area contributed by atoms with Gasteiger partial charge >= 0.3 is 0 Å². The first-order chi connectivity index (χ1) is 7.18. The Balaban J connectivity index is 2.65. The fourth-order valence-corrected chi connectivity index (χ4v) is 1.44. The van der Waals surface area contributed by atoms with Gasteiger partial charge in [0.05, 0.1) is 22.6 Å². The van der Waals surface area contributed by atoms with Crippen LogP contribution in [0.2, 0.25) is 5.02 Å². The lowest BCUT2D eigenvalue weighted by Crippen LogP contribution is -2.20. The van der Waals surface area contributed by atoms with Crippen molar-refractivity contribution >= 4 is 17.3 Å². The number of aromatic nitrogens is 2. The van der Waals surface area contributed by atoms with Gasteiger partial charge in [-0.3, -0.25) is 4.79 Å². The maximum atomic E-state index is 11.6. The minimum atomic E-state index is -0.303. The third kappa shape index (κ3) is 1.85. The van der Waals surface area contributed by atoms with Gasteiger partial charge in [-0.15, -0.1) is 0 Å². The van der Waals surface area contributed by atoms with Crippen molar-refractivity contribution in [1.82, 2.24) is 9.78 Å². The molecule has 0 radical (unpaired) electrons. The summed E-state index contributed by atoms with van der Waals surface area (Å²) in [6.07, 6.45) is 1.41. The number of hydrogen-bond donors (Lipinski definition) is 1. The normalized spacial score (nSPS) is 10.2. The molecule has 0 atom stereocenters. The number of hydrogen-bond acceptors (Lipinski definition) is 3. The highest BCUT2D eigenvalue weighted by Gasteiger charge is 2.04. The highest BCUT2D eigenvalue weighted by molar-refractivity contribution is 6.32. The predicted molar refractivity (Wildman–Crippen MR) is 59.3 cm³/mol. The van der Waals surface area contributed by atoms with Gasteiger partial charge in [-0.05, 0) is 12.1 Å². The molecular formula is C10H8ClN3O. The predicted octanol–water partition coefficient (Wildman–Crippen LogP) is 1.47. The molecule has 0 amide bonds. The summed E-state index contributed by atoms with van der Waals surface area (Å²) < 4.78 is 1.21. The number of anilines is 1. The van der Waals surface area contributed by atoms with Crippen molar-refractivity contribution in [2.24, 2.45) is 0 Å². The summed E-state index contributed by atoms with van der Waals surface area (Å²) in [4.78, 5) is 11.6. The van der Waals surface area contributed by atoms with Gasteiger partial charge in [-0.1, -0.05) is 23.7 Å². The van der Waals surface area contributed by atoms with E-state index in [1.807, 2.05) is 0 Å². The molecule has 1 aromatic carbocycles. The molecule has 0 saturated carbocycles. The Morgan fingerprint density at radius 3 is 2.73 bits per heavy atom. The van der Waals surface area contributed by atoms with Crippen LogP contribution in [0.15, 0.2) is 41.3 Å². The summed E-state index contributed by atoms with van der Waals surface area (Å²) in [7, 11) is 0. The summed E-state index contributed by atoms with van der Waals surface area (Å²) in [5, 5.41) is 4.37. The van der Waals surface area contributed by atoms with E-state index in [-0.39, 0.29) is 5.56 Å². The Bertz CT molecular complexity index is 550. The van der Waals surface area contributed by atoms with E-state index in [9.17, 15) is 4.79 Å². The second kappa shape index (κ2) is 3.74. The number of nitrogens with zero attached hydrogens (tertiary/aromatic N) is 2. The first-order valence-corrected chi connectivity index (χ1v) is 4.66. The zero-order valence-corrected chi connectivity index (χ0v) is 8.48. The molecule has 0 aliphatic rings. The van der Waals surface area contributed by atoms with Crippen LogP contribution in [0.3, 0.4) is 0 Å². The molecule has 1 heterocycles. The molecule has 0 saturated heterocycles. The van der Waals surface area contributed by atoms with Gasteiger partial charge in [0.15, 0.2) is 0 Å². The molecule has 4 nitrogen and oxygen atoms in total. The molecule has 2 N–H and O–H groups in total. The van der Waals surface area contributed by atoms with E-state index in [0.29, 0.717) is 16.4 Å². The van der Waals surface area contributed by atoms with Gasteiger partial charge in [0.2, 0.25) is 0 Å². The van der Waals surface area contributed by atoms with Crippen LogP contribution in [-0.4, -0.2) is 9.78 Å². The lowest BCUT2D eigenvalue weighted by atomic mass is 10.3. The Hall–Kier alpha value is -1.81. The average Bonchev–Trinajstić information content (AvgIpc) is 2.20. The highest BCUT2D eigenvalue weighted by atomic mass is 35.5. The lowest BCUT2D eigenvalue weighted by molar-refractivity contribution is 0.809. The zero-order valence-electron chi connectivity index (χ0n) is 7.72. The van der Waals surface area contributed by atoms with Crippen LogP contribution in [0.5, 0.6) is 0 Å². The van der Waals surface area contributed by atoms with Crippen LogP contribution in [0.1, 0.15) is 0 Å². The van der Waals surface area contributed by atoms with Gasteiger partial charge in [-0.2, -0.15) is 9.78 Å². The summed E-state index contributed by atoms with van der Waals surface area (Å²) in [5.74, 6) is 0. The van der Waals surface area contributed by atoms with Crippen molar-refractivity contribution in [2.75, 3.05) is 5.73 Å². The molecular weight excluding hydrogens is 214 g/mol. The van der Waals surface area contributed by atoms with Crippen LogP contribution in [0.25, 0.3) is 5.69 Å². The number of nitrogen functional groups attached to an aromatic ring is 1. The highest BCUT2D eigenvalue weighted by Crippen LogP contribution is 2.17. The van der Waals surface area contributed by atoms with Crippen LogP contribution < -0.4 is 11.3 Å². The minimum absolute atomic E-state index is 0.303. The summed E-state index contributed by atoms with van der Waals surface area (Å²) in [6, 6.07) is 8.28. The van der Waals surface area contributed by atoms with E-state index in [1.54, 1.807) is 24.3 Å². The second-order valence-electron chi connectivity index (χ2n) is 2.99. The fraction of sp³-hybridized carbons (Fsp3) is 0. The maximum Gasteiger partial charge on any atom is 0.273 e. The van der Waals surface area contributed by atoms with Gasteiger partial charge in [0.25, 0.3) is 5.56 Å². The van der Waals surface area contributed by atoms with E-state index in [0.717, 1.165) is 0 Å². The van der Waals surface area contributed by atoms with Gasteiger partial charge < -0.3 is 5.73 Å². The Kier molecular flexibility index (Phi) is 2.43. The second-order valence-corrected chi connectivity index (χ2v) is 3.40. The van der Waals surface area contributed by atoms with Crippen LogP contribution in [-0.2, 0) is 0 Å². The van der Waals surface area contributed by atoms with Crippen molar-refractivity contribution in [3.8, 4) is 5.69 Å².